The highest BCUT2D eigenvalue weighted by Gasteiger charge is 2.17. The van der Waals surface area contributed by atoms with Gasteiger partial charge in [-0.15, -0.1) is 23.7 Å². The molecule has 86 valence electrons. The second kappa shape index (κ2) is 6.15. The van der Waals surface area contributed by atoms with Crippen molar-refractivity contribution in [3.05, 3.63) is 15.0 Å². The Kier molecular flexibility index (Phi) is 5.49. The van der Waals surface area contributed by atoms with Gasteiger partial charge in [0.05, 0.1) is 16.5 Å². The third-order valence-corrected chi connectivity index (χ3v) is 3.89. The van der Waals surface area contributed by atoms with E-state index in [-0.39, 0.29) is 12.4 Å². The molecule has 2 N–H and O–H groups in total. The van der Waals surface area contributed by atoms with Gasteiger partial charge in [0, 0.05) is 12.6 Å². The van der Waals surface area contributed by atoms with Gasteiger partial charge in [-0.1, -0.05) is 0 Å². The smallest absolute Gasteiger partial charge is 0.108 e. The first-order chi connectivity index (χ1) is 6.74. The Morgan fingerprint density at radius 3 is 3.07 bits per heavy atom. The molecule has 1 aromatic heterocycles. The Morgan fingerprint density at radius 2 is 2.47 bits per heavy atom. The highest BCUT2D eigenvalue weighted by molar-refractivity contribution is 9.11. The maximum absolute atomic E-state index is 5.92. The first-order valence-corrected chi connectivity index (χ1v) is 6.43. The molecular weight excluding hydrogens is 298 g/mol. The number of aromatic nitrogens is 1. The van der Waals surface area contributed by atoms with Gasteiger partial charge >= 0.3 is 0 Å². The number of hydrogen-bond donors (Lipinski definition) is 1. The van der Waals surface area contributed by atoms with E-state index in [4.69, 9.17) is 5.73 Å². The van der Waals surface area contributed by atoms with E-state index in [1.54, 1.807) is 11.3 Å². The van der Waals surface area contributed by atoms with Crippen LogP contribution in [0.15, 0.2) is 9.98 Å². The Balaban J connectivity index is 0.00000112. The molecule has 0 radical (unpaired) electrons. The molecule has 0 spiro atoms. The lowest BCUT2D eigenvalue weighted by molar-refractivity contribution is 0.201. The number of piperidine rings is 1. The summed E-state index contributed by atoms with van der Waals surface area (Å²) in [5.41, 5.74) is 5.92. The molecule has 1 aliphatic heterocycles. The van der Waals surface area contributed by atoms with Crippen LogP contribution in [0.25, 0.3) is 0 Å². The van der Waals surface area contributed by atoms with Gasteiger partial charge in [-0.25, -0.2) is 4.98 Å². The molecule has 1 atom stereocenters. The molecule has 0 bridgehead atoms. The molecule has 0 aromatic carbocycles. The predicted octanol–water partition coefficient (Wildman–Crippen LogP) is 2.25. The summed E-state index contributed by atoms with van der Waals surface area (Å²) in [6.45, 7) is 3.12. The molecule has 1 fully saturated rings. The molecule has 1 unspecified atom stereocenters. The van der Waals surface area contributed by atoms with Crippen molar-refractivity contribution >= 4 is 39.7 Å². The number of likely N-dealkylation sites (tertiary alicyclic amines) is 1. The van der Waals surface area contributed by atoms with Crippen LogP contribution in [-0.2, 0) is 6.54 Å². The number of nitrogens with zero attached hydrogens (tertiary/aromatic N) is 2. The molecule has 0 aliphatic carbocycles. The van der Waals surface area contributed by atoms with Crippen molar-refractivity contribution in [2.24, 2.45) is 5.73 Å². The van der Waals surface area contributed by atoms with Crippen LogP contribution in [0.5, 0.6) is 0 Å². The Bertz CT molecular complexity index is 307. The van der Waals surface area contributed by atoms with Crippen LogP contribution < -0.4 is 5.73 Å². The molecule has 1 aliphatic rings. The van der Waals surface area contributed by atoms with Gasteiger partial charge in [0.15, 0.2) is 0 Å². The van der Waals surface area contributed by atoms with Gasteiger partial charge in [0.2, 0.25) is 0 Å². The fraction of sp³-hybridized carbons (Fsp3) is 0.667. The summed E-state index contributed by atoms with van der Waals surface area (Å²) in [4.78, 5) is 6.71. The topological polar surface area (TPSA) is 42.1 Å². The second-order valence-electron chi connectivity index (χ2n) is 3.70. The highest BCUT2D eigenvalue weighted by Crippen LogP contribution is 2.21. The van der Waals surface area contributed by atoms with Crippen LogP contribution >= 0.6 is 39.7 Å². The zero-order valence-electron chi connectivity index (χ0n) is 8.36. The summed E-state index contributed by atoms with van der Waals surface area (Å²) in [5, 5.41) is 1.17. The fourth-order valence-corrected chi connectivity index (χ4v) is 3.13. The average molecular weight is 313 g/mol. The monoisotopic (exact) mass is 311 g/mol. The minimum Gasteiger partial charge on any atom is -0.327 e. The molecule has 2 heterocycles. The lowest BCUT2D eigenvalue weighted by atomic mass is 10.1. The Morgan fingerprint density at radius 1 is 1.67 bits per heavy atom. The van der Waals surface area contributed by atoms with Gasteiger partial charge in [-0.05, 0) is 35.3 Å². The number of nitrogens with two attached hydrogens (primary N) is 1. The Hall–Kier alpha value is 0.320. The summed E-state index contributed by atoms with van der Waals surface area (Å²) in [6, 6.07) is 0.354. The summed E-state index contributed by atoms with van der Waals surface area (Å²) in [7, 11) is 0. The van der Waals surface area contributed by atoms with Crippen LogP contribution in [0, 0.1) is 0 Å². The van der Waals surface area contributed by atoms with Crippen LogP contribution in [0.1, 0.15) is 17.8 Å². The number of thiazole rings is 1. The maximum atomic E-state index is 5.92. The van der Waals surface area contributed by atoms with E-state index < -0.39 is 0 Å². The largest absolute Gasteiger partial charge is 0.327 e. The van der Waals surface area contributed by atoms with Crippen molar-refractivity contribution in [1.29, 1.82) is 0 Å². The van der Waals surface area contributed by atoms with Crippen LogP contribution in [0.4, 0.5) is 0 Å². The van der Waals surface area contributed by atoms with E-state index in [2.05, 4.69) is 25.8 Å². The van der Waals surface area contributed by atoms with E-state index in [0.29, 0.717) is 6.04 Å². The molecule has 1 saturated heterocycles. The van der Waals surface area contributed by atoms with Crippen LogP contribution in [-0.4, -0.2) is 29.0 Å². The Labute approximate surface area is 109 Å². The van der Waals surface area contributed by atoms with Crippen molar-refractivity contribution in [3.8, 4) is 0 Å². The van der Waals surface area contributed by atoms with Crippen LogP contribution in [0.3, 0.4) is 0 Å². The van der Waals surface area contributed by atoms with E-state index in [9.17, 15) is 0 Å². The van der Waals surface area contributed by atoms with Crippen molar-refractivity contribution in [2.75, 3.05) is 13.1 Å². The quantitative estimate of drug-likeness (QED) is 0.911. The highest BCUT2D eigenvalue weighted by atomic mass is 79.9. The predicted molar refractivity (Wildman–Crippen MR) is 69.5 cm³/mol. The van der Waals surface area contributed by atoms with Gasteiger partial charge in [0.25, 0.3) is 0 Å². The molecule has 6 heteroatoms. The zero-order chi connectivity index (χ0) is 9.97. The number of rotatable bonds is 2. The normalized spacial score (nSPS) is 22.4. The van der Waals surface area contributed by atoms with E-state index in [0.717, 1.165) is 29.8 Å². The lowest BCUT2D eigenvalue weighted by Crippen LogP contribution is -2.42. The van der Waals surface area contributed by atoms with E-state index in [1.165, 1.54) is 11.4 Å². The summed E-state index contributed by atoms with van der Waals surface area (Å²) in [6.07, 6.45) is 4.25. The zero-order valence-corrected chi connectivity index (χ0v) is 11.6. The molecule has 2 rings (SSSR count). The standard InChI is InChI=1S/C9H14BrN3S.ClH/c10-8-4-12-9(14-8)6-13-3-1-2-7(11)5-13;/h4,7H,1-3,5-6,11H2;1H. The summed E-state index contributed by atoms with van der Waals surface area (Å²) in [5.74, 6) is 0. The van der Waals surface area contributed by atoms with Crippen molar-refractivity contribution in [1.82, 2.24) is 9.88 Å². The minimum atomic E-state index is 0. The number of halogens is 2. The third-order valence-electron chi connectivity index (χ3n) is 2.43. The van der Waals surface area contributed by atoms with Gasteiger partial charge in [0.1, 0.15) is 5.01 Å². The molecular formula is C9H15BrClN3S. The molecule has 3 nitrogen and oxygen atoms in total. The first-order valence-electron chi connectivity index (χ1n) is 4.82. The molecule has 0 amide bonds. The molecule has 1 aromatic rings. The fourth-order valence-electron chi connectivity index (χ4n) is 1.79. The summed E-state index contributed by atoms with van der Waals surface area (Å²) < 4.78 is 1.11. The molecule has 15 heavy (non-hydrogen) atoms. The first kappa shape index (κ1) is 13.4. The third kappa shape index (κ3) is 4.00. The van der Waals surface area contributed by atoms with Gasteiger partial charge in [-0.3, -0.25) is 4.90 Å². The van der Waals surface area contributed by atoms with Gasteiger partial charge in [-0.2, -0.15) is 0 Å². The second-order valence-corrected chi connectivity index (χ2v) is 6.19. The minimum absolute atomic E-state index is 0. The average Bonchev–Trinajstić information content (AvgIpc) is 2.51. The maximum Gasteiger partial charge on any atom is 0.108 e. The van der Waals surface area contributed by atoms with Crippen molar-refractivity contribution < 1.29 is 0 Å². The van der Waals surface area contributed by atoms with Crippen molar-refractivity contribution in [3.63, 3.8) is 0 Å². The van der Waals surface area contributed by atoms with Crippen molar-refractivity contribution in [2.45, 2.75) is 25.4 Å². The lowest BCUT2D eigenvalue weighted by Gasteiger charge is -2.29. The summed E-state index contributed by atoms with van der Waals surface area (Å²) >= 11 is 5.13. The SMILES string of the molecule is Cl.NC1CCCN(Cc2ncc(Br)s2)C1. The van der Waals surface area contributed by atoms with Crippen LogP contribution in [0.2, 0.25) is 0 Å². The van der Waals surface area contributed by atoms with Gasteiger partial charge < -0.3 is 5.73 Å². The number of hydrogen-bond acceptors (Lipinski definition) is 4. The molecule has 0 saturated carbocycles. The van der Waals surface area contributed by atoms with E-state index in [1.807, 2.05) is 6.20 Å². The van der Waals surface area contributed by atoms with E-state index >= 15 is 0 Å².